The van der Waals surface area contributed by atoms with Crippen LogP contribution in [0.15, 0.2) is 0 Å². The van der Waals surface area contributed by atoms with Crippen LogP contribution in [-0.2, 0) is 218 Å². The molecule has 712 valence electrons. The van der Waals surface area contributed by atoms with Crippen molar-refractivity contribution in [2.45, 2.75) is 446 Å². The van der Waals surface area contributed by atoms with Gasteiger partial charge in [0.2, 0.25) is 5.91 Å². The quantitative estimate of drug-likeness (QED) is 0.0437. The van der Waals surface area contributed by atoms with E-state index in [1.165, 1.54) is 83.5 Å². The Balaban J connectivity index is -0.0000000299. The molecule has 7 nitrogen and oxygen atoms in total. The van der Waals surface area contributed by atoms with Crippen molar-refractivity contribution in [1.29, 1.82) is 0 Å². The van der Waals surface area contributed by atoms with Crippen LogP contribution in [0.5, 0.6) is 0 Å². The molecule has 0 bridgehead atoms. The number of carbonyl (C=O) groups is 4. The summed E-state index contributed by atoms with van der Waals surface area (Å²) in [5, 5.41) is 2.84. The van der Waals surface area contributed by atoms with Crippen LogP contribution in [0.2, 0.25) is 0 Å². The predicted octanol–water partition coefficient (Wildman–Crippen LogP) is 34.2. The van der Waals surface area contributed by atoms with Gasteiger partial charge in [-0.15, -0.1) is 6.42 Å². The Bertz CT molecular complexity index is 1350. The molecule has 1 N–H and O–H groups in total. The van der Waals surface area contributed by atoms with Crippen LogP contribution in [0.1, 0.15) is 446 Å². The number of hydrogen-bond acceptors (Lipinski definition) is 6. The fourth-order valence-electron chi connectivity index (χ4n) is 6.25. The second-order valence-electron chi connectivity index (χ2n) is 33.4. The molecule has 0 unspecified atom stereocenters. The monoisotopic (exact) mass is 3190 g/mol. The third kappa shape index (κ3) is 407. The van der Waals surface area contributed by atoms with Crippen LogP contribution >= 0.6 is 0 Å². The SMILES string of the molecule is [CH2-]C.[CH2-]C.[CH2-]CC.[CH2-]CC.[CH2-]CC.[CH2-]CC.[CH2-]CC.[CH2-]CC.[CH2-]CC.[CH2-]CCC(=O)NCC(C)(C)C.[CH2-]CCC(=O)OCC(C)(C)C.[CH2-]CCC(C)(C)C.[CH2-]CCCC(=O)CC(C)(C)C.[CH2-]CCCC(C)C.[CH2-]CCCC(C)C.[CH2-]CCCCCC(C)C.[CH2-]CCCCCC(C)C.[CH2-]CCOC(=O)CC(C)(C)C.[W+2].[W+2].[W+2].[W+2].[W+2].[W+2].[W+2].[W+2].[W+2]. The summed E-state index contributed by atoms with van der Waals surface area (Å²) in [7, 11) is 0. The van der Waals surface area contributed by atoms with E-state index in [2.05, 4.69) is 248 Å². The average molecular weight is 3190 g/mol. The van der Waals surface area contributed by atoms with Gasteiger partial charge in [-0.2, -0.15) is 110 Å². The molecule has 0 radical (unpaired) electrons. The molecule has 0 aromatic rings. The van der Waals surface area contributed by atoms with Crippen LogP contribution in [0, 0.1) is 175 Å². The smallest absolute Gasteiger partial charge is 0.468 e. The van der Waals surface area contributed by atoms with Crippen molar-refractivity contribution in [3.63, 3.8) is 0 Å². The van der Waals surface area contributed by atoms with Gasteiger partial charge < -0.3 is 139 Å². The van der Waals surface area contributed by atoms with E-state index in [1.54, 1.807) is 13.8 Å². The molecule has 0 aliphatic rings. The standard InChI is InChI=1S/C10H19O.C9H18NO.2C9H17O2.2C9H19.3C7H15.7C3H7.2C2H5.9W/c1-5-6-7-9(11)8-10(2,3)4;1-5-6-8(11)10-7-9(2,3)4;1-5-6-11-8(10)7-9(2,3)4;1-5-6-8(10)11-7-9(2,3)4;2*1-4-5-6-7-8-9(2)3;1-5-6-7(2,3)4;2*1-4-5-6-7(2)3;7*1-3-2;2*1-2;;;;;;;;;/h1,5-8H2,2-4H3;1,5-7H2,2-4H3,(H,10,11);2*1,5-7H2,2-4H3;2*9H,1,4-8H2,2-3H3;1,5-6H2,2-4H3;2*7H,1,4-6H2,2-3H3;7*1,3H2,2H3;2*1H2,2H3;;;;;;;;;/q18*-1;9*+2. The number of carbonyl (C=O) groups excluding carboxylic acids is 4. The number of rotatable bonds is 30. The second kappa shape index (κ2) is 174. The summed E-state index contributed by atoms with van der Waals surface area (Å²) >= 11 is 0. The Morgan fingerprint density at radius 3 is 0.726 bits per heavy atom. The molecule has 0 saturated heterocycles. The summed E-state index contributed by atoms with van der Waals surface area (Å²) in [5.41, 5.74) is 0.909. The number of hydrogen-bond donors (Lipinski definition) is 1. The van der Waals surface area contributed by atoms with Crippen molar-refractivity contribution in [3.8, 4) is 0 Å². The van der Waals surface area contributed by atoms with Crippen LogP contribution in [0.4, 0.5) is 0 Å². The van der Waals surface area contributed by atoms with Crippen molar-refractivity contribution in [2.24, 2.45) is 50.7 Å². The van der Waals surface area contributed by atoms with Gasteiger partial charge in [0.1, 0.15) is 5.78 Å². The summed E-state index contributed by atoms with van der Waals surface area (Å²) in [4.78, 5) is 43.9. The van der Waals surface area contributed by atoms with E-state index in [9.17, 15) is 19.2 Å². The first-order valence-electron chi connectivity index (χ1n) is 43.1. The van der Waals surface area contributed by atoms with E-state index < -0.39 is 0 Å². The molecule has 117 heavy (non-hydrogen) atoms. The van der Waals surface area contributed by atoms with Crippen LogP contribution in [0.25, 0.3) is 0 Å². The summed E-state index contributed by atoms with van der Waals surface area (Å²) in [5.74, 6) is 3.71. The zero-order valence-corrected chi connectivity index (χ0v) is 111. The molecule has 0 aliphatic heterocycles. The Morgan fingerprint density at radius 1 is 0.282 bits per heavy atom. The van der Waals surface area contributed by atoms with Crippen LogP contribution in [-0.4, -0.2) is 43.4 Å². The molecule has 0 spiro atoms. The molecule has 0 aromatic carbocycles. The molecule has 0 fully saturated rings. The minimum atomic E-state index is -0.144. The van der Waals surface area contributed by atoms with Gasteiger partial charge in [-0.3, -0.25) is 19.2 Å². The molecule has 0 heterocycles. The number of amides is 1. The zero-order valence-electron chi connectivity index (χ0n) is 85.0. The van der Waals surface area contributed by atoms with Crippen molar-refractivity contribution in [1.82, 2.24) is 5.32 Å². The van der Waals surface area contributed by atoms with Gasteiger partial charge in [0.15, 0.2) is 0 Å². The number of unbranched alkanes of at least 4 members (excludes halogenated alkanes) is 9. The molecule has 0 saturated carbocycles. The van der Waals surface area contributed by atoms with Crippen molar-refractivity contribution >= 4 is 23.6 Å². The first-order chi connectivity index (χ1) is 49.9. The average Bonchev–Trinajstić information content (AvgIpc) is 0.983. The molecule has 0 rings (SSSR count). The minimum absolute atomic E-state index is 0. The van der Waals surface area contributed by atoms with E-state index >= 15 is 0 Å². The van der Waals surface area contributed by atoms with Gasteiger partial charge in [-0.25, -0.2) is 0 Å². The van der Waals surface area contributed by atoms with E-state index in [0.29, 0.717) is 75.8 Å². The van der Waals surface area contributed by atoms with Crippen molar-refractivity contribution in [3.05, 3.63) is 125 Å². The van der Waals surface area contributed by atoms with Gasteiger partial charge in [-0.1, -0.05) is 298 Å². The maximum atomic E-state index is 11.2. The molecule has 0 aromatic heterocycles. The number of ketones is 1. The Hall–Kier alpha value is 4.27. The molecular formula is C101H213NO6W9. The van der Waals surface area contributed by atoms with E-state index in [4.69, 9.17) is 9.47 Å². The maximum Gasteiger partial charge on any atom is 2.00 e. The van der Waals surface area contributed by atoms with Crippen LogP contribution in [0.3, 0.4) is 0 Å². The Labute approximate surface area is 878 Å². The largest absolute Gasteiger partial charge is 2.00 e. The molecular weight excluding hydrogens is 2980 g/mol. The molecule has 0 atom stereocenters. The topological polar surface area (TPSA) is 98.8 Å². The van der Waals surface area contributed by atoms with Gasteiger partial charge in [0.05, 0.1) is 19.6 Å². The van der Waals surface area contributed by atoms with E-state index in [0.717, 1.165) is 120 Å². The number of esters is 2. The molecule has 16 heteroatoms. The zero-order chi connectivity index (χ0) is 90.1. The molecule has 0 aliphatic carbocycles. The third-order valence-electron chi connectivity index (χ3n) is 10.8. The number of ether oxygens (including phenoxy) is 2. The third-order valence-corrected chi connectivity index (χ3v) is 10.8. The Morgan fingerprint density at radius 2 is 0.547 bits per heavy atom. The first kappa shape index (κ1) is 197. The normalized spacial score (nSPS) is 9.04. The number of nitrogens with one attached hydrogen (secondary N) is 1. The summed E-state index contributed by atoms with van der Waals surface area (Å²) in [6.45, 7) is 133. The fourth-order valence-corrected chi connectivity index (χ4v) is 6.25. The summed E-state index contributed by atoms with van der Waals surface area (Å²) in [6, 6.07) is 0. The van der Waals surface area contributed by atoms with Gasteiger partial charge in [0.25, 0.3) is 0 Å². The predicted molar refractivity (Wildman–Crippen MR) is 506 cm³/mol. The summed E-state index contributed by atoms with van der Waals surface area (Å²) in [6.07, 6.45) is 36.5. The second-order valence-corrected chi connectivity index (χ2v) is 33.4. The molecule has 1 amide bonds. The van der Waals surface area contributed by atoms with E-state index in [-0.39, 0.29) is 229 Å². The fraction of sp³-hybridized carbons (Fsp3) is 0.782. The van der Waals surface area contributed by atoms with Gasteiger partial charge >= 0.3 is 202 Å². The van der Waals surface area contributed by atoms with Crippen LogP contribution < -0.4 is 5.32 Å². The van der Waals surface area contributed by atoms with E-state index in [1.807, 2.05) is 90.0 Å². The summed E-state index contributed by atoms with van der Waals surface area (Å²) < 4.78 is 9.83. The maximum absolute atomic E-state index is 11.2. The minimum Gasteiger partial charge on any atom is -0.468 e. The first-order valence-corrected chi connectivity index (χ1v) is 43.1. The van der Waals surface area contributed by atoms with Crippen molar-refractivity contribution < 1.29 is 218 Å². The number of Topliss-reactive ketones (excluding diaryl/α,β-unsaturated/α-hetero) is 1. The van der Waals surface area contributed by atoms with Gasteiger partial charge in [-0.05, 0) is 57.2 Å². The van der Waals surface area contributed by atoms with Crippen molar-refractivity contribution in [2.75, 3.05) is 19.8 Å². The Kier molecular flexibility index (Phi) is 293. The van der Waals surface area contributed by atoms with Gasteiger partial charge in [0, 0.05) is 25.8 Å².